The fourth-order valence-corrected chi connectivity index (χ4v) is 9.05. The molecule has 43 heavy (non-hydrogen) atoms. The minimum Gasteiger partial charge on any atom is -0.491 e. The Morgan fingerprint density at radius 2 is 1.51 bits per heavy atom. The quantitative estimate of drug-likeness (QED) is 0.0881. The van der Waals surface area contributed by atoms with Crippen LogP contribution >= 0.6 is 22.7 Å². The molecule has 0 radical (unpaired) electrons. The van der Waals surface area contributed by atoms with Crippen molar-refractivity contribution >= 4 is 67.7 Å². The second-order valence-corrected chi connectivity index (χ2v) is 18.9. The van der Waals surface area contributed by atoms with Crippen LogP contribution in [0, 0.1) is 5.92 Å². The van der Waals surface area contributed by atoms with Crippen LogP contribution in [-0.2, 0) is 4.43 Å². The van der Waals surface area contributed by atoms with Gasteiger partial charge >= 0.3 is 0 Å². The van der Waals surface area contributed by atoms with Gasteiger partial charge in [-0.2, -0.15) is 0 Å². The van der Waals surface area contributed by atoms with E-state index >= 15 is 0 Å². The molecule has 8 nitrogen and oxygen atoms in total. The minimum atomic E-state index is -1.84. The summed E-state index contributed by atoms with van der Waals surface area (Å²) in [6, 6.07) is 18.0. The van der Waals surface area contributed by atoms with Crippen LogP contribution in [0.3, 0.4) is 0 Å². The van der Waals surface area contributed by atoms with Gasteiger partial charge in [-0.25, -0.2) is 4.98 Å². The zero-order valence-electron chi connectivity index (χ0n) is 26.0. The number of rotatable bonds is 12. The van der Waals surface area contributed by atoms with E-state index in [2.05, 4.69) is 83.3 Å². The second-order valence-electron chi connectivity index (χ2n) is 12.3. The van der Waals surface area contributed by atoms with Crippen LogP contribution < -0.4 is 9.64 Å². The van der Waals surface area contributed by atoms with Crippen LogP contribution in [0.1, 0.15) is 47.0 Å². The molecule has 0 atom stereocenters. The normalized spacial score (nSPS) is 15.0. The molecule has 4 aromatic rings. The van der Waals surface area contributed by atoms with Gasteiger partial charge < -0.3 is 14.1 Å². The van der Waals surface area contributed by atoms with E-state index in [9.17, 15) is 0 Å². The summed E-state index contributed by atoms with van der Waals surface area (Å²) in [5.41, 5.74) is 2.85. The van der Waals surface area contributed by atoms with Crippen molar-refractivity contribution in [2.45, 2.75) is 65.1 Å². The van der Waals surface area contributed by atoms with Gasteiger partial charge in [-0.3, -0.25) is 0 Å². The molecule has 1 saturated heterocycles. The van der Waals surface area contributed by atoms with Crippen molar-refractivity contribution < 1.29 is 9.16 Å². The molecular weight excluding hydrogens is 593 g/mol. The van der Waals surface area contributed by atoms with Gasteiger partial charge in [0.25, 0.3) is 0 Å². The molecule has 0 N–H and O–H groups in total. The summed E-state index contributed by atoms with van der Waals surface area (Å²) in [6.07, 6.45) is 3.86. The molecule has 11 heteroatoms. The molecule has 2 aromatic carbocycles. The largest absolute Gasteiger partial charge is 0.491 e. The summed E-state index contributed by atoms with van der Waals surface area (Å²) in [4.78, 5) is 7.95. The van der Waals surface area contributed by atoms with Crippen LogP contribution in [0.25, 0.3) is 9.53 Å². The van der Waals surface area contributed by atoms with Gasteiger partial charge in [0.1, 0.15) is 22.2 Å². The maximum atomic E-state index is 6.34. The Bertz CT molecular complexity index is 1510. The molecule has 0 saturated carbocycles. The lowest BCUT2D eigenvalue weighted by atomic mass is 9.99. The van der Waals surface area contributed by atoms with E-state index in [0.717, 1.165) is 44.7 Å². The van der Waals surface area contributed by atoms with Crippen LogP contribution in [0.2, 0.25) is 18.1 Å². The molecule has 1 aliphatic rings. The third-order valence-corrected chi connectivity index (χ3v) is 15.3. The highest BCUT2D eigenvalue weighted by Gasteiger charge is 2.43. The standard InChI is InChI=1S/C32H42N6O2S2Si/c1-23(2)32(3,4)43(5,6)40-21-20-39-27-16-12-25(13-17-27)34-36-29-22-28-30(42-29)33-31(41-28)37-35-24-10-14-26(15-11-24)38-18-8-7-9-19-38/h10-17,22-23H,7-9,18-21H2,1-6H3. The average Bonchev–Trinajstić information content (AvgIpc) is 3.57. The summed E-state index contributed by atoms with van der Waals surface area (Å²) in [5.74, 6) is 1.37. The van der Waals surface area contributed by atoms with Gasteiger partial charge in [0.2, 0.25) is 5.13 Å². The van der Waals surface area contributed by atoms with E-state index in [0.29, 0.717) is 24.3 Å². The molecule has 0 aliphatic carbocycles. The highest BCUT2D eigenvalue weighted by molar-refractivity contribution is 7.30. The first-order valence-electron chi connectivity index (χ1n) is 15.1. The fraction of sp³-hybridized carbons (Fsp3) is 0.469. The first-order chi connectivity index (χ1) is 20.6. The number of thiophene rings is 1. The molecule has 2 aromatic heterocycles. The van der Waals surface area contributed by atoms with Gasteiger partial charge in [0.05, 0.1) is 22.7 Å². The highest BCUT2D eigenvalue weighted by Crippen LogP contribution is 2.44. The summed E-state index contributed by atoms with van der Waals surface area (Å²) in [7, 11) is -1.84. The SMILES string of the molecule is CC(C)C(C)(C)[Si](C)(C)OCCOc1ccc(N=Nc2cc3sc(N=Nc4ccc(N5CCCCC5)cc4)nc3s2)cc1. The van der Waals surface area contributed by atoms with Crippen LogP contribution in [0.4, 0.5) is 27.2 Å². The number of hydrogen-bond acceptors (Lipinski definition) is 10. The van der Waals surface area contributed by atoms with Gasteiger partial charge in [-0.1, -0.05) is 50.4 Å². The molecular formula is C32H42N6O2S2Si. The summed E-state index contributed by atoms with van der Waals surface area (Å²) in [5, 5.41) is 19.2. The lowest BCUT2D eigenvalue weighted by molar-refractivity contribution is 0.196. The number of nitrogens with zero attached hydrogens (tertiary/aromatic N) is 6. The summed E-state index contributed by atoms with van der Waals surface area (Å²) < 4.78 is 13.3. The molecule has 0 amide bonds. The molecule has 0 unspecified atom stereocenters. The first-order valence-corrected chi connectivity index (χ1v) is 19.6. The molecule has 5 rings (SSSR count). The lowest BCUT2D eigenvalue weighted by Crippen LogP contribution is -2.45. The van der Waals surface area contributed by atoms with E-state index in [1.807, 2.05) is 42.5 Å². The van der Waals surface area contributed by atoms with Crippen LogP contribution in [0.15, 0.2) is 75.1 Å². The van der Waals surface area contributed by atoms with E-state index in [1.54, 1.807) is 0 Å². The van der Waals surface area contributed by atoms with Crippen LogP contribution in [-0.4, -0.2) is 39.6 Å². The predicted octanol–water partition coefficient (Wildman–Crippen LogP) is 11.2. The van der Waals surface area contributed by atoms with Gasteiger partial charge in [0, 0.05) is 18.8 Å². The molecule has 1 fully saturated rings. The number of hydrogen-bond donors (Lipinski definition) is 0. The average molecular weight is 635 g/mol. The molecule has 0 bridgehead atoms. The zero-order valence-corrected chi connectivity index (χ0v) is 28.7. The molecule has 228 valence electrons. The summed E-state index contributed by atoms with van der Waals surface area (Å²) in [6.45, 7) is 17.1. The zero-order chi connectivity index (χ0) is 30.5. The number of fused-ring (bicyclic) bond motifs is 1. The van der Waals surface area contributed by atoms with Crippen molar-refractivity contribution in [1.29, 1.82) is 0 Å². The number of piperidine rings is 1. The van der Waals surface area contributed by atoms with Crippen molar-refractivity contribution in [2.24, 2.45) is 26.4 Å². The number of ether oxygens (including phenoxy) is 1. The predicted molar refractivity (Wildman–Crippen MR) is 183 cm³/mol. The van der Waals surface area contributed by atoms with Crippen LogP contribution in [0.5, 0.6) is 5.75 Å². The molecule has 1 aliphatic heterocycles. The van der Waals surface area contributed by atoms with Crippen molar-refractivity contribution in [3.8, 4) is 5.75 Å². The molecule has 0 spiro atoms. The number of thiazole rings is 1. The third-order valence-electron chi connectivity index (χ3n) is 8.80. The van der Waals surface area contributed by atoms with E-state index in [4.69, 9.17) is 9.16 Å². The Balaban J connectivity index is 1.10. The minimum absolute atomic E-state index is 0.195. The maximum absolute atomic E-state index is 6.34. The van der Waals surface area contributed by atoms with E-state index in [-0.39, 0.29) is 5.04 Å². The monoisotopic (exact) mass is 634 g/mol. The Labute approximate surface area is 264 Å². The van der Waals surface area contributed by atoms with Crippen molar-refractivity contribution in [3.63, 3.8) is 0 Å². The molecule has 3 heterocycles. The third kappa shape index (κ3) is 7.94. The Kier molecular flexibility index (Phi) is 10.1. The first kappa shape index (κ1) is 31.4. The van der Waals surface area contributed by atoms with Crippen molar-refractivity contribution in [3.05, 3.63) is 54.6 Å². The Morgan fingerprint density at radius 1 is 0.860 bits per heavy atom. The second kappa shape index (κ2) is 13.8. The smallest absolute Gasteiger partial charge is 0.231 e. The van der Waals surface area contributed by atoms with E-state index < -0.39 is 8.32 Å². The topological polar surface area (TPSA) is 84.0 Å². The van der Waals surface area contributed by atoms with Gasteiger partial charge in [0.15, 0.2) is 8.32 Å². The number of aromatic nitrogens is 1. The number of azo groups is 2. The highest BCUT2D eigenvalue weighted by atomic mass is 32.1. The van der Waals surface area contributed by atoms with Crippen molar-refractivity contribution in [1.82, 2.24) is 4.98 Å². The Morgan fingerprint density at radius 3 is 2.16 bits per heavy atom. The fourth-order valence-electron chi connectivity index (χ4n) is 4.84. The van der Waals surface area contributed by atoms with E-state index in [1.165, 1.54) is 47.6 Å². The summed E-state index contributed by atoms with van der Waals surface area (Å²) >= 11 is 3.00. The Hall–Kier alpha value is -2.99. The van der Waals surface area contributed by atoms with Crippen molar-refractivity contribution in [2.75, 3.05) is 31.2 Å². The number of benzene rings is 2. The van der Waals surface area contributed by atoms with Gasteiger partial charge in [-0.05, 0) is 97.9 Å². The lowest BCUT2D eigenvalue weighted by Gasteiger charge is -2.42. The number of anilines is 1. The maximum Gasteiger partial charge on any atom is 0.231 e. The van der Waals surface area contributed by atoms with Gasteiger partial charge in [-0.15, -0.1) is 20.5 Å².